The smallest absolute Gasteiger partial charge is 0.361 e. The Kier molecular flexibility index (Phi) is 45.5. The lowest BCUT2D eigenvalue weighted by atomic mass is 10.1. The first kappa shape index (κ1) is 63.0. The van der Waals surface area contributed by atoms with Crippen molar-refractivity contribution in [3.63, 3.8) is 0 Å². The third kappa shape index (κ3) is 49.7. The molecular formula is C58H96NO8+. The second kappa shape index (κ2) is 48.4. The number of aliphatic carboxylic acids is 1. The molecule has 2 atom stereocenters. The van der Waals surface area contributed by atoms with E-state index >= 15 is 0 Å². The summed E-state index contributed by atoms with van der Waals surface area (Å²) in [5, 5.41) is 9.65. The standard InChI is InChI=1S/C58H95NO8/c1-6-8-10-12-14-16-18-19-20-21-22-23-24-25-26-27-28-29-30-31-32-33-34-35-36-37-39-41-43-45-47-49-56(61)67-54(53-66-58(57(62)63)64-51-50-59(3,4)5)52-65-55(60)48-46-44-42-40-38-17-15-13-11-9-7-2/h8,10,14,16,19-20,22-23,25-26,28-29,31-32,34-35,37,39,54,58H,6-7,9,11-13,15,17-18,21,24,27,30,33,36,38,40-53H2,1-5H3/p+1/b10-8-,16-14-,20-19-,23-22-,26-25-,29-28-,32-31-,35-34-,39-37-. The Morgan fingerprint density at radius 2 is 0.851 bits per heavy atom. The van der Waals surface area contributed by atoms with Crippen LogP contribution >= 0.6 is 0 Å². The van der Waals surface area contributed by atoms with Crippen molar-refractivity contribution >= 4 is 17.9 Å². The molecule has 0 aliphatic carbocycles. The minimum atomic E-state index is -1.52. The Morgan fingerprint density at radius 1 is 0.463 bits per heavy atom. The molecule has 0 rings (SSSR count). The monoisotopic (exact) mass is 935 g/mol. The third-order valence-electron chi connectivity index (χ3n) is 10.5. The number of nitrogens with zero attached hydrogens (tertiary/aromatic N) is 1. The van der Waals surface area contributed by atoms with Crippen LogP contribution in [0, 0.1) is 0 Å². The van der Waals surface area contributed by atoms with Crippen molar-refractivity contribution in [3.8, 4) is 0 Å². The van der Waals surface area contributed by atoms with Gasteiger partial charge in [-0.25, -0.2) is 4.79 Å². The van der Waals surface area contributed by atoms with Crippen molar-refractivity contribution in [1.82, 2.24) is 0 Å². The van der Waals surface area contributed by atoms with E-state index in [0.29, 0.717) is 23.9 Å². The summed E-state index contributed by atoms with van der Waals surface area (Å²) in [7, 11) is 5.94. The number of hydrogen-bond acceptors (Lipinski definition) is 7. The fourth-order valence-corrected chi connectivity index (χ4v) is 6.53. The fraction of sp³-hybridized carbons (Fsp3) is 0.638. The molecular weight excluding hydrogens is 839 g/mol. The molecule has 0 fully saturated rings. The summed E-state index contributed by atoms with van der Waals surface area (Å²) in [5.41, 5.74) is 0. The van der Waals surface area contributed by atoms with Crippen molar-refractivity contribution in [2.24, 2.45) is 0 Å². The SMILES string of the molecule is CC/C=C\C/C=C\C/C=C\C/C=C\C/C=C\C/C=C\C/C=C\C/C=C\C/C=C\CCCCCC(=O)OC(COC(=O)CCCCCCCCCCCCC)COC(OCC[N+](C)(C)C)C(=O)O. The van der Waals surface area contributed by atoms with Crippen LogP contribution in [0.3, 0.4) is 0 Å². The van der Waals surface area contributed by atoms with E-state index in [2.05, 4.69) is 123 Å². The zero-order valence-electron chi connectivity index (χ0n) is 43.0. The van der Waals surface area contributed by atoms with Crippen molar-refractivity contribution in [3.05, 3.63) is 109 Å². The van der Waals surface area contributed by atoms with Crippen LogP contribution in [0.5, 0.6) is 0 Å². The molecule has 0 aliphatic rings. The highest BCUT2D eigenvalue weighted by Crippen LogP contribution is 2.13. The molecule has 0 aromatic rings. The van der Waals surface area contributed by atoms with E-state index in [1.807, 2.05) is 21.1 Å². The van der Waals surface area contributed by atoms with Gasteiger partial charge in [0.05, 0.1) is 34.4 Å². The van der Waals surface area contributed by atoms with E-state index in [4.69, 9.17) is 18.9 Å². The first-order chi connectivity index (χ1) is 32.6. The number of quaternary nitrogens is 1. The Morgan fingerprint density at radius 3 is 1.27 bits per heavy atom. The number of allylic oxidation sites excluding steroid dienone is 18. The quantitative estimate of drug-likeness (QED) is 0.0211. The van der Waals surface area contributed by atoms with Gasteiger partial charge in [0.15, 0.2) is 6.10 Å². The number of hydrogen-bond donors (Lipinski definition) is 1. The van der Waals surface area contributed by atoms with Crippen molar-refractivity contribution in [2.45, 2.75) is 193 Å². The van der Waals surface area contributed by atoms with Crippen molar-refractivity contribution in [2.75, 3.05) is 47.5 Å². The lowest BCUT2D eigenvalue weighted by molar-refractivity contribution is -0.870. The van der Waals surface area contributed by atoms with Gasteiger partial charge in [-0.3, -0.25) is 9.59 Å². The predicted molar refractivity (Wildman–Crippen MR) is 281 cm³/mol. The van der Waals surface area contributed by atoms with Gasteiger partial charge in [0, 0.05) is 12.8 Å². The van der Waals surface area contributed by atoms with Crippen LogP contribution in [0.2, 0.25) is 0 Å². The number of carboxylic acid groups (broad SMARTS) is 1. The molecule has 0 saturated carbocycles. The van der Waals surface area contributed by atoms with E-state index in [0.717, 1.165) is 96.3 Å². The minimum Gasteiger partial charge on any atom is -0.477 e. The Bertz CT molecular complexity index is 1460. The molecule has 1 N–H and O–H groups in total. The molecule has 0 radical (unpaired) electrons. The van der Waals surface area contributed by atoms with E-state index in [1.54, 1.807) is 0 Å². The molecule has 2 unspecified atom stereocenters. The van der Waals surface area contributed by atoms with Crippen LogP contribution < -0.4 is 0 Å². The van der Waals surface area contributed by atoms with Gasteiger partial charge in [-0.05, 0) is 83.5 Å². The number of rotatable bonds is 46. The second-order valence-electron chi connectivity index (χ2n) is 18.1. The lowest BCUT2D eigenvalue weighted by Crippen LogP contribution is -2.40. The molecule has 0 amide bonds. The summed E-state index contributed by atoms with van der Waals surface area (Å²) in [4.78, 5) is 37.2. The van der Waals surface area contributed by atoms with Crippen molar-refractivity contribution < 1.29 is 42.9 Å². The zero-order chi connectivity index (χ0) is 49.2. The van der Waals surface area contributed by atoms with Gasteiger partial charge in [0.2, 0.25) is 0 Å². The minimum absolute atomic E-state index is 0.176. The van der Waals surface area contributed by atoms with Gasteiger partial charge in [-0.15, -0.1) is 0 Å². The number of unbranched alkanes of at least 4 members (excludes halogenated alkanes) is 13. The molecule has 0 aromatic heterocycles. The van der Waals surface area contributed by atoms with Gasteiger partial charge >= 0.3 is 17.9 Å². The molecule has 0 aromatic carbocycles. The molecule has 0 bridgehead atoms. The number of carbonyl (C=O) groups is 3. The molecule has 9 nitrogen and oxygen atoms in total. The molecule has 380 valence electrons. The number of ether oxygens (including phenoxy) is 4. The van der Waals surface area contributed by atoms with E-state index in [-0.39, 0.29) is 32.2 Å². The maximum atomic E-state index is 12.8. The summed E-state index contributed by atoms with van der Waals surface area (Å²) >= 11 is 0. The lowest BCUT2D eigenvalue weighted by Gasteiger charge is -2.25. The highest BCUT2D eigenvalue weighted by molar-refractivity contribution is 5.71. The van der Waals surface area contributed by atoms with Crippen LogP contribution in [-0.2, 0) is 33.3 Å². The summed E-state index contributed by atoms with van der Waals surface area (Å²) in [6.45, 7) is 4.69. The molecule has 0 spiro atoms. The average Bonchev–Trinajstić information content (AvgIpc) is 3.29. The van der Waals surface area contributed by atoms with Gasteiger partial charge in [0.1, 0.15) is 13.2 Å². The number of carboxylic acids is 1. The molecule has 9 heteroatoms. The zero-order valence-corrected chi connectivity index (χ0v) is 43.0. The third-order valence-corrected chi connectivity index (χ3v) is 10.5. The first-order valence-corrected chi connectivity index (χ1v) is 26.1. The first-order valence-electron chi connectivity index (χ1n) is 26.1. The topological polar surface area (TPSA) is 108 Å². The van der Waals surface area contributed by atoms with Crippen LogP contribution in [0.15, 0.2) is 109 Å². The Balaban J connectivity index is 4.35. The molecule has 0 aliphatic heterocycles. The van der Waals surface area contributed by atoms with Crippen LogP contribution in [0.4, 0.5) is 0 Å². The maximum Gasteiger partial charge on any atom is 0.361 e. The molecule has 67 heavy (non-hydrogen) atoms. The van der Waals surface area contributed by atoms with Crippen molar-refractivity contribution in [1.29, 1.82) is 0 Å². The normalized spacial score (nSPS) is 13.7. The van der Waals surface area contributed by atoms with E-state index in [9.17, 15) is 19.5 Å². The number of esters is 2. The van der Waals surface area contributed by atoms with Crippen LogP contribution in [-0.4, -0.2) is 87.4 Å². The van der Waals surface area contributed by atoms with E-state index < -0.39 is 24.3 Å². The summed E-state index contributed by atoms with van der Waals surface area (Å²) in [6, 6.07) is 0. The maximum absolute atomic E-state index is 12.8. The summed E-state index contributed by atoms with van der Waals surface area (Å²) in [6.07, 6.45) is 63.1. The second-order valence-corrected chi connectivity index (χ2v) is 18.1. The van der Waals surface area contributed by atoms with Gasteiger partial charge in [-0.1, -0.05) is 194 Å². The largest absolute Gasteiger partial charge is 0.477 e. The Labute approximate surface area is 409 Å². The summed E-state index contributed by atoms with van der Waals surface area (Å²) < 4.78 is 22.7. The number of carbonyl (C=O) groups excluding carboxylic acids is 2. The summed E-state index contributed by atoms with van der Waals surface area (Å²) in [5.74, 6) is -2.07. The van der Waals surface area contributed by atoms with E-state index in [1.165, 1.54) is 51.4 Å². The van der Waals surface area contributed by atoms with Gasteiger partial charge < -0.3 is 28.5 Å². The van der Waals surface area contributed by atoms with Gasteiger partial charge in [-0.2, -0.15) is 0 Å². The van der Waals surface area contributed by atoms with Crippen LogP contribution in [0.25, 0.3) is 0 Å². The highest BCUT2D eigenvalue weighted by Gasteiger charge is 2.25. The highest BCUT2D eigenvalue weighted by atomic mass is 16.7. The van der Waals surface area contributed by atoms with Crippen LogP contribution in [0.1, 0.15) is 181 Å². The predicted octanol–water partition coefficient (Wildman–Crippen LogP) is 14.8. The Hall–Kier alpha value is -4.05. The number of likely N-dealkylation sites (N-methyl/N-ethyl adjacent to an activating group) is 1. The van der Waals surface area contributed by atoms with Gasteiger partial charge in [0.25, 0.3) is 6.29 Å². The molecule has 0 heterocycles. The fourth-order valence-electron chi connectivity index (χ4n) is 6.53. The average molecular weight is 935 g/mol. The molecule has 0 saturated heterocycles.